The van der Waals surface area contributed by atoms with Crippen molar-refractivity contribution in [3.63, 3.8) is 0 Å². The second-order valence-corrected chi connectivity index (χ2v) is 6.44. The molecule has 0 unspecified atom stereocenters. The van der Waals surface area contributed by atoms with E-state index in [1.807, 2.05) is 14.0 Å². The van der Waals surface area contributed by atoms with E-state index < -0.39 is 0 Å². The van der Waals surface area contributed by atoms with Crippen LogP contribution >= 0.6 is 0 Å². The minimum atomic E-state index is -0.384. The molecule has 0 spiro atoms. The average molecular weight is 335 g/mol. The Labute approximate surface area is 140 Å². The van der Waals surface area contributed by atoms with Crippen molar-refractivity contribution in [3.05, 3.63) is 26.7 Å². The highest BCUT2D eigenvalue weighted by Gasteiger charge is 2.21. The van der Waals surface area contributed by atoms with Gasteiger partial charge in [-0.05, 0) is 13.3 Å². The molecule has 1 fully saturated rings. The number of aromatic amines is 1. The Bertz CT molecular complexity index is 835. The lowest BCUT2D eigenvalue weighted by Crippen LogP contribution is -2.40. The average Bonchev–Trinajstić information content (AvgIpc) is 2.84. The number of H-pyrrole nitrogens is 1. The maximum absolute atomic E-state index is 12.2. The van der Waals surface area contributed by atoms with Gasteiger partial charge in [0, 0.05) is 26.7 Å². The molecule has 0 saturated carbocycles. The molecule has 1 atom stereocenters. The molecule has 132 valence electrons. The van der Waals surface area contributed by atoms with Crippen LogP contribution in [0.3, 0.4) is 0 Å². The van der Waals surface area contributed by atoms with Gasteiger partial charge in [0.1, 0.15) is 5.82 Å². The van der Waals surface area contributed by atoms with Gasteiger partial charge in [0.2, 0.25) is 0 Å². The summed E-state index contributed by atoms with van der Waals surface area (Å²) < 4.78 is 8.94. The summed E-state index contributed by atoms with van der Waals surface area (Å²) in [5, 5.41) is 0. The first-order valence-electron chi connectivity index (χ1n) is 8.53. The maximum atomic E-state index is 12.2. The van der Waals surface area contributed by atoms with E-state index in [4.69, 9.17) is 4.74 Å². The van der Waals surface area contributed by atoms with Crippen molar-refractivity contribution in [2.75, 3.05) is 19.7 Å². The summed E-state index contributed by atoms with van der Waals surface area (Å²) >= 11 is 0. The second kappa shape index (κ2) is 6.90. The van der Waals surface area contributed by atoms with Crippen LogP contribution in [0.4, 0.5) is 0 Å². The van der Waals surface area contributed by atoms with Gasteiger partial charge in [0.05, 0.1) is 19.3 Å². The molecule has 2 aromatic heterocycles. The summed E-state index contributed by atoms with van der Waals surface area (Å²) in [6.45, 7) is 7.70. The van der Waals surface area contributed by atoms with Crippen LogP contribution in [0, 0.1) is 0 Å². The lowest BCUT2D eigenvalue weighted by atomic mass is 10.3. The maximum Gasteiger partial charge on any atom is 0.330 e. The van der Waals surface area contributed by atoms with E-state index in [-0.39, 0.29) is 17.4 Å². The highest BCUT2D eigenvalue weighted by molar-refractivity contribution is 5.70. The summed E-state index contributed by atoms with van der Waals surface area (Å²) in [4.78, 5) is 33.7. The van der Waals surface area contributed by atoms with Gasteiger partial charge in [-0.3, -0.25) is 19.2 Å². The van der Waals surface area contributed by atoms with E-state index in [1.165, 1.54) is 0 Å². The van der Waals surface area contributed by atoms with Crippen molar-refractivity contribution in [1.29, 1.82) is 0 Å². The number of imidazole rings is 1. The van der Waals surface area contributed by atoms with Gasteiger partial charge in [0.25, 0.3) is 5.56 Å². The summed E-state index contributed by atoms with van der Waals surface area (Å²) in [5.74, 6) is 0.792. The summed E-state index contributed by atoms with van der Waals surface area (Å²) in [7, 11) is 1.83. The van der Waals surface area contributed by atoms with Crippen LogP contribution in [0.5, 0.6) is 0 Å². The standard InChI is InChI=1S/C16H25N5O3/c1-4-5-6-21-14-13(15(22)18-16(21)23)19(3)12(17-14)10-20-7-8-24-11(2)9-20/h11H,4-10H2,1-3H3,(H,18,22,23)/t11-/m0/s1. The van der Waals surface area contributed by atoms with Crippen molar-refractivity contribution >= 4 is 11.2 Å². The Kier molecular flexibility index (Phi) is 4.86. The summed E-state index contributed by atoms with van der Waals surface area (Å²) in [6, 6.07) is 0. The van der Waals surface area contributed by atoms with Crippen LogP contribution in [-0.4, -0.2) is 49.8 Å². The number of unbranched alkanes of at least 4 members (excludes halogenated alkanes) is 1. The van der Waals surface area contributed by atoms with Crippen LogP contribution in [0.2, 0.25) is 0 Å². The molecular formula is C16H25N5O3. The molecule has 0 aliphatic carbocycles. The fourth-order valence-electron chi connectivity index (χ4n) is 3.19. The zero-order valence-electron chi connectivity index (χ0n) is 14.5. The molecule has 24 heavy (non-hydrogen) atoms. The van der Waals surface area contributed by atoms with Crippen LogP contribution in [0.1, 0.15) is 32.5 Å². The molecule has 1 N–H and O–H groups in total. The monoisotopic (exact) mass is 335 g/mol. The summed E-state index contributed by atoms with van der Waals surface area (Å²) in [5.41, 5.74) is 0.183. The van der Waals surface area contributed by atoms with Crippen LogP contribution in [-0.2, 0) is 24.9 Å². The zero-order valence-corrected chi connectivity index (χ0v) is 14.5. The Balaban J connectivity index is 2.01. The van der Waals surface area contributed by atoms with Crippen molar-refractivity contribution < 1.29 is 4.74 Å². The van der Waals surface area contributed by atoms with Gasteiger partial charge >= 0.3 is 5.69 Å². The number of hydrogen-bond acceptors (Lipinski definition) is 5. The lowest BCUT2D eigenvalue weighted by Gasteiger charge is -2.30. The number of hydrogen-bond donors (Lipinski definition) is 1. The highest BCUT2D eigenvalue weighted by Crippen LogP contribution is 2.14. The Morgan fingerprint density at radius 1 is 1.38 bits per heavy atom. The first-order valence-corrected chi connectivity index (χ1v) is 8.53. The van der Waals surface area contributed by atoms with E-state index in [9.17, 15) is 9.59 Å². The van der Waals surface area contributed by atoms with Gasteiger partial charge in [-0.25, -0.2) is 9.78 Å². The van der Waals surface area contributed by atoms with Gasteiger partial charge in [-0.1, -0.05) is 13.3 Å². The minimum Gasteiger partial charge on any atom is -0.376 e. The molecular weight excluding hydrogens is 310 g/mol. The van der Waals surface area contributed by atoms with E-state index in [0.717, 1.165) is 31.8 Å². The molecule has 2 aromatic rings. The normalized spacial score (nSPS) is 19.2. The van der Waals surface area contributed by atoms with Gasteiger partial charge in [-0.2, -0.15) is 0 Å². The quantitative estimate of drug-likeness (QED) is 0.857. The number of nitrogens with zero attached hydrogens (tertiary/aromatic N) is 4. The third-order valence-corrected chi connectivity index (χ3v) is 4.53. The minimum absolute atomic E-state index is 0.194. The second-order valence-electron chi connectivity index (χ2n) is 6.44. The third-order valence-electron chi connectivity index (χ3n) is 4.53. The van der Waals surface area contributed by atoms with Crippen LogP contribution < -0.4 is 11.2 Å². The fourth-order valence-corrected chi connectivity index (χ4v) is 3.19. The van der Waals surface area contributed by atoms with E-state index in [1.54, 1.807) is 9.13 Å². The molecule has 8 heteroatoms. The van der Waals surface area contributed by atoms with E-state index in [2.05, 4.69) is 21.8 Å². The first kappa shape index (κ1) is 16.9. The van der Waals surface area contributed by atoms with Gasteiger partial charge in [-0.15, -0.1) is 0 Å². The predicted molar refractivity (Wildman–Crippen MR) is 91.2 cm³/mol. The third kappa shape index (κ3) is 3.16. The zero-order chi connectivity index (χ0) is 17.3. The number of aromatic nitrogens is 4. The molecule has 0 bridgehead atoms. The number of ether oxygens (including phenoxy) is 1. The molecule has 0 radical (unpaired) electrons. The van der Waals surface area contributed by atoms with Crippen molar-refractivity contribution in [3.8, 4) is 0 Å². The first-order chi connectivity index (χ1) is 11.5. The molecule has 3 heterocycles. The molecule has 1 saturated heterocycles. The Morgan fingerprint density at radius 2 is 2.17 bits per heavy atom. The predicted octanol–water partition coefficient (Wildman–Crippen LogP) is 0.444. The van der Waals surface area contributed by atoms with Crippen LogP contribution in [0.25, 0.3) is 11.2 Å². The van der Waals surface area contributed by atoms with Crippen molar-refractivity contribution in [2.45, 2.75) is 45.9 Å². The number of aryl methyl sites for hydroxylation is 2. The largest absolute Gasteiger partial charge is 0.376 e. The number of nitrogens with one attached hydrogen (secondary N) is 1. The van der Waals surface area contributed by atoms with E-state index in [0.29, 0.717) is 30.9 Å². The number of fused-ring (bicyclic) bond motifs is 1. The Morgan fingerprint density at radius 3 is 2.88 bits per heavy atom. The highest BCUT2D eigenvalue weighted by atomic mass is 16.5. The molecule has 1 aliphatic rings. The molecule has 0 amide bonds. The van der Waals surface area contributed by atoms with Gasteiger partial charge in [0.15, 0.2) is 11.2 Å². The summed E-state index contributed by atoms with van der Waals surface area (Å²) in [6.07, 6.45) is 2.03. The number of morpholine rings is 1. The fraction of sp³-hybridized carbons (Fsp3) is 0.688. The molecule has 8 nitrogen and oxygen atoms in total. The van der Waals surface area contributed by atoms with E-state index >= 15 is 0 Å². The molecule has 3 rings (SSSR count). The lowest BCUT2D eigenvalue weighted by molar-refractivity contribution is -0.0222. The topological polar surface area (TPSA) is 85.2 Å². The smallest absolute Gasteiger partial charge is 0.330 e. The Hall–Kier alpha value is -1.93. The van der Waals surface area contributed by atoms with Crippen molar-refractivity contribution in [2.24, 2.45) is 7.05 Å². The van der Waals surface area contributed by atoms with Crippen LogP contribution in [0.15, 0.2) is 9.59 Å². The SMILES string of the molecule is CCCCn1c(=O)[nH]c(=O)c2c1nc(CN1CCO[C@@H](C)C1)n2C. The number of rotatable bonds is 5. The molecule has 1 aliphatic heterocycles. The molecule has 0 aromatic carbocycles. The van der Waals surface area contributed by atoms with Crippen molar-refractivity contribution in [1.82, 2.24) is 24.0 Å². The van der Waals surface area contributed by atoms with Gasteiger partial charge < -0.3 is 9.30 Å².